The van der Waals surface area contributed by atoms with E-state index in [4.69, 9.17) is 14.2 Å². The van der Waals surface area contributed by atoms with Crippen LogP contribution in [0.4, 0.5) is 5.69 Å². The molecular weight excluding hydrogens is 484 g/mol. The molecule has 0 unspecified atom stereocenters. The van der Waals surface area contributed by atoms with Gasteiger partial charge in [0.1, 0.15) is 12.4 Å². The number of nitrogens with one attached hydrogen (secondary N) is 1. The fourth-order valence-corrected chi connectivity index (χ4v) is 4.17. The largest absolute Gasteiger partial charge is 0.485 e. The number of nitrogens with zero attached hydrogens (tertiary/aromatic N) is 3. The molecule has 0 aliphatic rings. The van der Waals surface area contributed by atoms with Gasteiger partial charge in [-0.3, -0.25) is 4.79 Å². The summed E-state index contributed by atoms with van der Waals surface area (Å²) in [5.41, 5.74) is 2.58. The Balaban J connectivity index is 1.69. The van der Waals surface area contributed by atoms with E-state index in [1.807, 2.05) is 43.5 Å². The first-order chi connectivity index (χ1) is 17.3. The predicted molar refractivity (Wildman–Crippen MR) is 134 cm³/mol. The van der Waals surface area contributed by atoms with Gasteiger partial charge >= 0.3 is 11.9 Å². The van der Waals surface area contributed by atoms with Crippen molar-refractivity contribution in [1.82, 2.24) is 14.8 Å². The van der Waals surface area contributed by atoms with Gasteiger partial charge < -0.3 is 24.1 Å². The van der Waals surface area contributed by atoms with Crippen LogP contribution in [0.25, 0.3) is 0 Å². The van der Waals surface area contributed by atoms with Crippen molar-refractivity contribution in [2.24, 2.45) is 0 Å². The third kappa shape index (κ3) is 6.42. The van der Waals surface area contributed by atoms with E-state index in [1.54, 1.807) is 0 Å². The van der Waals surface area contributed by atoms with Crippen LogP contribution in [0, 0.1) is 13.8 Å². The summed E-state index contributed by atoms with van der Waals surface area (Å²) in [5.74, 6) is -0.216. The smallest absolute Gasteiger partial charge is 0.339 e. The van der Waals surface area contributed by atoms with Crippen molar-refractivity contribution in [3.8, 4) is 5.75 Å². The van der Waals surface area contributed by atoms with E-state index in [-0.39, 0.29) is 29.2 Å². The van der Waals surface area contributed by atoms with Gasteiger partial charge in [0.25, 0.3) is 0 Å². The fourth-order valence-electron chi connectivity index (χ4n) is 3.35. The number of amides is 1. The molecule has 0 saturated carbocycles. The number of rotatable bonds is 10. The zero-order chi connectivity index (χ0) is 26.2. The molecule has 1 aromatic heterocycles. The van der Waals surface area contributed by atoms with Gasteiger partial charge in [-0.05, 0) is 56.2 Å². The van der Waals surface area contributed by atoms with Crippen LogP contribution >= 0.6 is 11.8 Å². The molecule has 1 heterocycles. The van der Waals surface area contributed by atoms with Gasteiger partial charge in [-0.2, -0.15) is 0 Å². The van der Waals surface area contributed by atoms with Crippen LogP contribution in [0.1, 0.15) is 44.6 Å². The lowest BCUT2D eigenvalue weighted by Crippen LogP contribution is -2.18. The highest BCUT2D eigenvalue weighted by Crippen LogP contribution is 2.23. The zero-order valence-corrected chi connectivity index (χ0v) is 21.6. The van der Waals surface area contributed by atoms with Gasteiger partial charge in [0.05, 0.1) is 36.8 Å². The first-order valence-electron chi connectivity index (χ1n) is 11.1. The first-order valence-corrected chi connectivity index (χ1v) is 12.1. The third-order valence-electron chi connectivity index (χ3n) is 5.26. The van der Waals surface area contributed by atoms with E-state index in [2.05, 4.69) is 15.5 Å². The number of carbonyl (C=O) groups excluding carboxylic acids is 3. The standard InChI is InChI=1S/C25H28N4O6S/c1-6-29-21(13-35-20-11-15(2)7-8-16(20)3)27-28-25(29)36-14-22(30)26-19-12-17(23(31)33-4)9-10-18(19)24(32)34-5/h7-12H,6,13-14H2,1-5H3,(H,26,30). The number of esters is 2. The predicted octanol–water partition coefficient (Wildman–Crippen LogP) is 3.80. The van der Waals surface area contributed by atoms with Gasteiger partial charge in [0, 0.05) is 6.54 Å². The maximum Gasteiger partial charge on any atom is 0.339 e. The van der Waals surface area contributed by atoms with Crippen LogP contribution in [0.5, 0.6) is 5.75 Å². The molecule has 2 aromatic carbocycles. The molecule has 0 radical (unpaired) electrons. The van der Waals surface area contributed by atoms with Gasteiger partial charge in [0.15, 0.2) is 11.0 Å². The van der Waals surface area contributed by atoms with Crippen molar-refractivity contribution in [3.05, 3.63) is 64.5 Å². The highest BCUT2D eigenvalue weighted by molar-refractivity contribution is 7.99. The minimum Gasteiger partial charge on any atom is -0.485 e. The summed E-state index contributed by atoms with van der Waals surface area (Å²) in [6.45, 7) is 6.76. The lowest BCUT2D eigenvalue weighted by molar-refractivity contribution is -0.113. The molecule has 0 spiro atoms. The van der Waals surface area contributed by atoms with Crippen LogP contribution in [0.2, 0.25) is 0 Å². The van der Waals surface area contributed by atoms with E-state index in [9.17, 15) is 14.4 Å². The average molecular weight is 513 g/mol. The normalized spacial score (nSPS) is 10.6. The molecule has 0 saturated heterocycles. The summed E-state index contributed by atoms with van der Waals surface area (Å²) in [7, 11) is 2.48. The molecule has 0 atom stereocenters. The van der Waals surface area contributed by atoms with E-state index < -0.39 is 17.8 Å². The van der Waals surface area contributed by atoms with Crippen LogP contribution in [-0.4, -0.2) is 52.6 Å². The number of thioether (sulfide) groups is 1. The van der Waals surface area contributed by atoms with Gasteiger partial charge in [-0.15, -0.1) is 10.2 Å². The van der Waals surface area contributed by atoms with E-state index in [0.717, 1.165) is 16.9 Å². The summed E-state index contributed by atoms with van der Waals surface area (Å²) in [6, 6.07) is 10.2. The van der Waals surface area contributed by atoms with E-state index in [0.29, 0.717) is 17.5 Å². The van der Waals surface area contributed by atoms with Crippen LogP contribution < -0.4 is 10.1 Å². The SMILES string of the molecule is CCn1c(COc2cc(C)ccc2C)nnc1SCC(=O)Nc1cc(C(=O)OC)ccc1C(=O)OC. The summed E-state index contributed by atoms with van der Waals surface area (Å²) >= 11 is 1.20. The Morgan fingerprint density at radius 2 is 1.75 bits per heavy atom. The molecule has 11 heteroatoms. The summed E-state index contributed by atoms with van der Waals surface area (Å²) < 4.78 is 17.3. The number of hydrogen-bond acceptors (Lipinski definition) is 9. The maximum atomic E-state index is 12.7. The molecule has 1 amide bonds. The highest BCUT2D eigenvalue weighted by Gasteiger charge is 2.19. The summed E-state index contributed by atoms with van der Waals surface area (Å²) in [5, 5.41) is 11.7. The van der Waals surface area contributed by atoms with Crippen molar-refractivity contribution in [2.45, 2.75) is 39.1 Å². The van der Waals surface area contributed by atoms with E-state index >= 15 is 0 Å². The highest BCUT2D eigenvalue weighted by atomic mass is 32.2. The number of anilines is 1. The monoisotopic (exact) mass is 512 g/mol. The van der Waals surface area contributed by atoms with Crippen molar-refractivity contribution < 1.29 is 28.6 Å². The second-order valence-electron chi connectivity index (χ2n) is 7.78. The lowest BCUT2D eigenvalue weighted by Gasteiger charge is -2.12. The number of methoxy groups -OCH3 is 2. The first kappa shape index (κ1) is 26.7. The molecule has 3 rings (SSSR count). The Bertz CT molecular complexity index is 1270. The van der Waals surface area contributed by atoms with Gasteiger partial charge in [-0.1, -0.05) is 23.9 Å². The van der Waals surface area contributed by atoms with Crippen molar-refractivity contribution in [3.63, 3.8) is 0 Å². The summed E-state index contributed by atoms with van der Waals surface area (Å²) in [4.78, 5) is 36.7. The number of hydrogen-bond donors (Lipinski definition) is 1. The van der Waals surface area contributed by atoms with Crippen molar-refractivity contribution >= 4 is 35.3 Å². The van der Waals surface area contributed by atoms with Crippen LogP contribution in [0.15, 0.2) is 41.6 Å². The quantitative estimate of drug-likeness (QED) is 0.319. The molecule has 1 N–H and O–H groups in total. The topological polar surface area (TPSA) is 122 Å². The summed E-state index contributed by atoms with van der Waals surface area (Å²) in [6.07, 6.45) is 0. The zero-order valence-electron chi connectivity index (χ0n) is 20.8. The van der Waals surface area contributed by atoms with Gasteiger partial charge in [-0.25, -0.2) is 9.59 Å². The molecule has 10 nitrogen and oxygen atoms in total. The second-order valence-corrected chi connectivity index (χ2v) is 8.72. The molecule has 0 aliphatic heterocycles. The number of aryl methyl sites for hydroxylation is 2. The van der Waals surface area contributed by atoms with E-state index in [1.165, 1.54) is 44.2 Å². The molecule has 3 aromatic rings. The molecule has 0 fully saturated rings. The van der Waals surface area contributed by atoms with Crippen LogP contribution in [0.3, 0.4) is 0 Å². The van der Waals surface area contributed by atoms with Gasteiger partial charge in [0.2, 0.25) is 5.91 Å². The average Bonchev–Trinajstić information content (AvgIpc) is 3.28. The maximum absolute atomic E-state index is 12.7. The Labute approximate surface area is 213 Å². The fraction of sp³-hybridized carbons (Fsp3) is 0.320. The molecule has 0 bridgehead atoms. The van der Waals surface area contributed by atoms with Crippen molar-refractivity contribution in [1.29, 1.82) is 0 Å². The molecular formula is C25H28N4O6S. The lowest BCUT2D eigenvalue weighted by atomic mass is 10.1. The minimum atomic E-state index is -0.645. The number of ether oxygens (including phenoxy) is 3. The molecule has 36 heavy (non-hydrogen) atoms. The van der Waals surface area contributed by atoms with Crippen LogP contribution in [-0.2, 0) is 27.4 Å². The number of carbonyl (C=O) groups is 3. The molecule has 0 aliphatic carbocycles. The Hall–Kier alpha value is -3.86. The Morgan fingerprint density at radius 3 is 2.44 bits per heavy atom. The number of benzene rings is 2. The Morgan fingerprint density at radius 1 is 1.00 bits per heavy atom. The minimum absolute atomic E-state index is 0.000949. The third-order valence-corrected chi connectivity index (χ3v) is 6.23. The molecule has 190 valence electrons. The Kier molecular flexibility index (Phi) is 9.07. The van der Waals surface area contributed by atoms with Crippen molar-refractivity contribution in [2.75, 3.05) is 25.3 Å². The second kappa shape index (κ2) is 12.2. The number of aromatic nitrogens is 3.